The van der Waals surface area contributed by atoms with Gasteiger partial charge in [0.15, 0.2) is 0 Å². The summed E-state index contributed by atoms with van der Waals surface area (Å²) in [7, 11) is 1.90. The fourth-order valence-corrected chi connectivity index (χ4v) is 7.46. The van der Waals surface area contributed by atoms with Gasteiger partial charge in [-0.1, -0.05) is 39.7 Å². The van der Waals surface area contributed by atoms with E-state index in [2.05, 4.69) is 69.6 Å². The summed E-state index contributed by atoms with van der Waals surface area (Å²) in [4.78, 5) is 30.1. The Labute approximate surface area is 262 Å². The number of halogens is 2. The van der Waals surface area contributed by atoms with Gasteiger partial charge in [-0.2, -0.15) is 0 Å². The number of aryl methyl sites for hydroxylation is 2. The van der Waals surface area contributed by atoms with Crippen molar-refractivity contribution in [3.63, 3.8) is 0 Å². The van der Waals surface area contributed by atoms with E-state index in [9.17, 15) is 9.59 Å². The SMILES string of the molecule is Cc1cc(Br)cc(C)c1N1CCCC(NC(=O)Nc2ccc(C3CCC(N(C)C(=O)c4ccc(Cl)cc4)CC3)cc2)C1. The number of nitrogens with one attached hydrogen (secondary N) is 2. The molecular weight excluding hydrogens is 612 g/mol. The van der Waals surface area contributed by atoms with Gasteiger partial charge in [-0.15, -0.1) is 0 Å². The Morgan fingerprint density at radius 1 is 0.929 bits per heavy atom. The van der Waals surface area contributed by atoms with E-state index in [1.54, 1.807) is 24.3 Å². The number of hydrogen-bond donors (Lipinski definition) is 2. The molecule has 8 heteroatoms. The molecule has 1 heterocycles. The van der Waals surface area contributed by atoms with Gasteiger partial charge < -0.3 is 20.4 Å². The third kappa shape index (κ3) is 7.30. The fourth-order valence-electron chi connectivity index (χ4n) is 6.65. The van der Waals surface area contributed by atoms with Crippen molar-refractivity contribution in [2.45, 2.75) is 70.4 Å². The molecule has 222 valence electrons. The van der Waals surface area contributed by atoms with E-state index in [1.165, 1.54) is 22.4 Å². The maximum atomic E-state index is 12.9. The molecule has 2 aliphatic rings. The molecule has 2 fully saturated rings. The molecule has 1 atom stereocenters. The zero-order valence-electron chi connectivity index (χ0n) is 24.6. The number of rotatable bonds is 6. The number of urea groups is 1. The highest BCUT2D eigenvalue weighted by Gasteiger charge is 2.28. The Bertz CT molecular complexity index is 1380. The second-order valence-corrected chi connectivity index (χ2v) is 13.2. The summed E-state index contributed by atoms with van der Waals surface area (Å²) in [6.07, 6.45) is 6.03. The summed E-state index contributed by atoms with van der Waals surface area (Å²) in [6.45, 7) is 6.10. The fraction of sp³-hybridized carbons (Fsp3) is 0.412. The van der Waals surface area contributed by atoms with E-state index in [4.69, 9.17) is 11.6 Å². The summed E-state index contributed by atoms with van der Waals surface area (Å²) in [5.41, 5.74) is 6.53. The summed E-state index contributed by atoms with van der Waals surface area (Å²) < 4.78 is 1.10. The zero-order chi connectivity index (χ0) is 29.8. The van der Waals surface area contributed by atoms with Crippen LogP contribution in [0, 0.1) is 13.8 Å². The third-order valence-corrected chi connectivity index (χ3v) is 9.53. The molecule has 3 aromatic carbocycles. The second kappa shape index (κ2) is 13.5. The molecule has 0 bridgehead atoms. The topological polar surface area (TPSA) is 64.7 Å². The van der Waals surface area contributed by atoms with Crippen LogP contribution < -0.4 is 15.5 Å². The quantitative estimate of drug-likeness (QED) is 0.282. The average molecular weight is 652 g/mol. The van der Waals surface area contributed by atoms with Gasteiger partial charge in [0.05, 0.1) is 0 Å². The molecule has 0 aromatic heterocycles. The Morgan fingerprint density at radius 3 is 2.21 bits per heavy atom. The number of benzene rings is 3. The molecule has 3 amide bonds. The van der Waals surface area contributed by atoms with Gasteiger partial charge in [-0.25, -0.2) is 4.79 Å². The second-order valence-electron chi connectivity index (χ2n) is 11.8. The van der Waals surface area contributed by atoms with Gasteiger partial charge in [0.25, 0.3) is 5.91 Å². The molecule has 1 saturated carbocycles. The van der Waals surface area contributed by atoms with Crippen LogP contribution in [0.3, 0.4) is 0 Å². The summed E-state index contributed by atoms with van der Waals surface area (Å²) in [6, 6.07) is 19.8. The highest BCUT2D eigenvalue weighted by molar-refractivity contribution is 9.10. The van der Waals surface area contributed by atoms with Crippen molar-refractivity contribution in [1.82, 2.24) is 10.2 Å². The third-order valence-electron chi connectivity index (χ3n) is 8.82. The molecule has 0 radical (unpaired) electrons. The van der Waals surface area contributed by atoms with E-state index in [0.717, 1.165) is 61.8 Å². The maximum absolute atomic E-state index is 12.9. The molecular formula is C34H40BrClN4O2. The lowest BCUT2D eigenvalue weighted by molar-refractivity contribution is 0.0689. The number of amides is 3. The van der Waals surface area contributed by atoms with Crippen molar-refractivity contribution < 1.29 is 9.59 Å². The van der Waals surface area contributed by atoms with E-state index < -0.39 is 0 Å². The monoisotopic (exact) mass is 650 g/mol. The van der Waals surface area contributed by atoms with Crippen molar-refractivity contribution in [1.29, 1.82) is 0 Å². The first-order chi connectivity index (χ1) is 20.2. The van der Waals surface area contributed by atoms with Crippen LogP contribution in [0.2, 0.25) is 5.02 Å². The predicted octanol–water partition coefficient (Wildman–Crippen LogP) is 8.31. The number of carbonyl (C=O) groups excluding carboxylic acids is 2. The van der Waals surface area contributed by atoms with Crippen LogP contribution in [-0.2, 0) is 0 Å². The van der Waals surface area contributed by atoms with Crippen molar-refractivity contribution in [2.24, 2.45) is 0 Å². The minimum Gasteiger partial charge on any atom is -0.369 e. The van der Waals surface area contributed by atoms with Crippen molar-refractivity contribution >= 4 is 50.8 Å². The lowest BCUT2D eigenvalue weighted by Gasteiger charge is -2.36. The molecule has 0 spiro atoms. The predicted molar refractivity (Wildman–Crippen MR) is 176 cm³/mol. The number of anilines is 2. The Hall–Kier alpha value is -3.03. The summed E-state index contributed by atoms with van der Waals surface area (Å²) in [5.74, 6) is 0.505. The minimum absolute atomic E-state index is 0.0447. The first-order valence-corrected chi connectivity index (χ1v) is 16.1. The smallest absolute Gasteiger partial charge is 0.319 e. The maximum Gasteiger partial charge on any atom is 0.319 e. The zero-order valence-corrected chi connectivity index (χ0v) is 27.0. The van der Waals surface area contributed by atoms with Crippen LogP contribution in [0.5, 0.6) is 0 Å². The van der Waals surface area contributed by atoms with Crippen molar-refractivity contribution in [2.75, 3.05) is 30.4 Å². The highest BCUT2D eigenvalue weighted by atomic mass is 79.9. The van der Waals surface area contributed by atoms with Gasteiger partial charge in [-0.3, -0.25) is 4.79 Å². The molecule has 1 unspecified atom stereocenters. The van der Waals surface area contributed by atoms with E-state index in [-0.39, 0.29) is 24.0 Å². The van der Waals surface area contributed by atoms with Gasteiger partial charge in [0.2, 0.25) is 0 Å². The van der Waals surface area contributed by atoms with Crippen LogP contribution in [0.1, 0.15) is 71.5 Å². The Kier molecular flexibility index (Phi) is 9.79. The number of piperidine rings is 1. The Balaban J connectivity index is 1.10. The molecule has 1 aliphatic carbocycles. The van der Waals surface area contributed by atoms with Crippen LogP contribution >= 0.6 is 27.5 Å². The minimum atomic E-state index is -0.159. The molecule has 3 aromatic rings. The number of hydrogen-bond acceptors (Lipinski definition) is 3. The van der Waals surface area contributed by atoms with Gasteiger partial charge in [0, 0.05) is 58.7 Å². The van der Waals surface area contributed by atoms with Crippen molar-refractivity contribution in [3.05, 3.63) is 92.4 Å². The summed E-state index contributed by atoms with van der Waals surface area (Å²) >= 11 is 9.57. The van der Waals surface area contributed by atoms with E-state index in [0.29, 0.717) is 16.5 Å². The van der Waals surface area contributed by atoms with Crippen LogP contribution in [0.4, 0.5) is 16.2 Å². The number of nitrogens with zero attached hydrogens (tertiary/aromatic N) is 2. The number of carbonyl (C=O) groups is 2. The first kappa shape index (κ1) is 30.4. The highest BCUT2D eigenvalue weighted by Crippen LogP contribution is 2.35. The van der Waals surface area contributed by atoms with Crippen LogP contribution in [0.15, 0.2) is 65.1 Å². The lowest BCUT2D eigenvalue weighted by Crippen LogP contribution is -2.49. The molecule has 1 saturated heterocycles. The first-order valence-electron chi connectivity index (χ1n) is 14.9. The van der Waals surface area contributed by atoms with Gasteiger partial charge >= 0.3 is 6.03 Å². The van der Waals surface area contributed by atoms with Gasteiger partial charge in [0.1, 0.15) is 0 Å². The standard InChI is InChI=1S/C34H40BrClN4O2/c1-22-19-27(35)20-23(2)32(22)40-18-4-5-30(21-40)38-34(42)37-29-14-8-24(9-15-29)25-10-16-31(17-11-25)39(3)33(41)26-6-12-28(36)13-7-26/h6-9,12-15,19-20,25,30-31H,4-5,10-11,16-18,21H2,1-3H3,(H2,37,38,42). The summed E-state index contributed by atoms with van der Waals surface area (Å²) in [5, 5.41) is 6.86. The lowest BCUT2D eigenvalue weighted by atomic mass is 9.81. The Morgan fingerprint density at radius 2 is 1.57 bits per heavy atom. The van der Waals surface area contributed by atoms with Gasteiger partial charge in [-0.05, 0) is 124 Å². The average Bonchev–Trinajstić information content (AvgIpc) is 2.97. The normalized spacial score (nSPS) is 20.6. The largest absolute Gasteiger partial charge is 0.369 e. The van der Waals surface area contributed by atoms with Crippen LogP contribution in [-0.4, -0.2) is 49.1 Å². The van der Waals surface area contributed by atoms with E-state index >= 15 is 0 Å². The van der Waals surface area contributed by atoms with E-state index in [1.807, 2.05) is 24.1 Å². The molecule has 5 rings (SSSR count). The molecule has 42 heavy (non-hydrogen) atoms. The molecule has 6 nitrogen and oxygen atoms in total. The van der Waals surface area contributed by atoms with Crippen LogP contribution in [0.25, 0.3) is 0 Å². The molecule has 2 N–H and O–H groups in total. The van der Waals surface area contributed by atoms with Crippen molar-refractivity contribution in [3.8, 4) is 0 Å². The molecule has 1 aliphatic heterocycles.